The van der Waals surface area contributed by atoms with E-state index in [9.17, 15) is 0 Å². The van der Waals surface area contributed by atoms with E-state index in [-0.39, 0.29) is 0 Å². The van der Waals surface area contributed by atoms with Crippen molar-refractivity contribution in [2.24, 2.45) is 0 Å². The van der Waals surface area contributed by atoms with E-state index in [1.165, 1.54) is 11.1 Å². The summed E-state index contributed by atoms with van der Waals surface area (Å²) in [7, 11) is 0.844. The minimum atomic E-state index is 0.616. The molecule has 0 heterocycles. The monoisotopic (exact) mass is 194 g/mol. The zero-order valence-electron chi connectivity index (χ0n) is 8.71. The molecule has 0 N–H and O–H groups in total. The summed E-state index contributed by atoms with van der Waals surface area (Å²) >= 11 is 0. The van der Waals surface area contributed by atoms with Gasteiger partial charge in [0.15, 0.2) is 0 Å². The molecule has 0 atom stereocenters. The highest BCUT2D eigenvalue weighted by Crippen LogP contribution is 2.19. The third kappa shape index (κ3) is 2.97. The molecular formula is C11H18OSi. The van der Waals surface area contributed by atoms with Crippen molar-refractivity contribution in [3.8, 4) is 0 Å². The van der Waals surface area contributed by atoms with Gasteiger partial charge in [-0.1, -0.05) is 38.1 Å². The Morgan fingerprint density at radius 1 is 1.31 bits per heavy atom. The minimum Gasteiger partial charge on any atom is -0.428 e. The maximum atomic E-state index is 5.22. The van der Waals surface area contributed by atoms with Crippen molar-refractivity contribution in [2.45, 2.75) is 26.2 Å². The van der Waals surface area contributed by atoms with Gasteiger partial charge in [-0.2, -0.15) is 0 Å². The van der Waals surface area contributed by atoms with E-state index < -0.39 is 0 Å². The first-order valence-electron chi connectivity index (χ1n) is 4.82. The topological polar surface area (TPSA) is 9.23 Å². The Kier molecular flexibility index (Phi) is 4.19. The fourth-order valence-electron chi connectivity index (χ4n) is 1.54. The van der Waals surface area contributed by atoms with E-state index in [2.05, 4.69) is 38.1 Å². The molecule has 0 radical (unpaired) electrons. The summed E-state index contributed by atoms with van der Waals surface area (Å²) in [5.74, 6) is 0.616. The molecule has 0 aliphatic carbocycles. The van der Waals surface area contributed by atoms with Crippen molar-refractivity contribution < 1.29 is 4.43 Å². The fraction of sp³-hybridized carbons (Fsp3) is 0.455. The van der Waals surface area contributed by atoms with Gasteiger partial charge in [0.05, 0.1) is 0 Å². The van der Waals surface area contributed by atoms with E-state index in [0.29, 0.717) is 5.92 Å². The van der Waals surface area contributed by atoms with Crippen molar-refractivity contribution in [3.63, 3.8) is 0 Å². The number of hydrogen-bond acceptors (Lipinski definition) is 1. The summed E-state index contributed by atoms with van der Waals surface area (Å²) in [5.41, 5.74) is 2.90. The van der Waals surface area contributed by atoms with Crippen LogP contribution in [0.1, 0.15) is 30.9 Å². The molecule has 0 aromatic heterocycles. The van der Waals surface area contributed by atoms with Gasteiger partial charge in [0.25, 0.3) is 0 Å². The van der Waals surface area contributed by atoms with E-state index >= 15 is 0 Å². The van der Waals surface area contributed by atoms with Crippen LogP contribution in [-0.4, -0.2) is 17.1 Å². The van der Waals surface area contributed by atoms with Gasteiger partial charge in [0.1, 0.15) is 10.5 Å². The van der Waals surface area contributed by atoms with Crippen LogP contribution in [-0.2, 0) is 10.8 Å². The van der Waals surface area contributed by atoms with Crippen LogP contribution in [0.15, 0.2) is 24.3 Å². The Morgan fingerprint density at radius 2 is 2.00 bits per heavy atom. The molecule has 1 rings (SSSR count). The van der Waals surface area contributed by atoms with Gasteiger partial charge in [0.2, 0.25) is 0 Å². The molecule has 0 saturated heterocycles. The Bertz CT molecular complexity index is 258. The lowest BCUT2D eigenvalue weighted by molar-refractivity contribution is 0.353. The number of benzene rings is 1. The molecule has 1 nitrogen and oxygen atoms in total. The summed E-state index contributed by atoms with van der Waals surface area (Å²) in [6.45, 7) is 5.34. The van der Waals surface area contributed by atoms with Crippen LogP contribution >= 0.6 is 0 Å². The van der Waals surface area contributed by atoms with Crippen LogP contribution in [0.5, 0.6) is 0 Å². The highest BCUT2D eigenvalue weighted by Gasteiger charge is 2.04. The van der Waals surface area contributed by atoms with Crippen LogP contribution in [0.4, 0.5) is 0 Å². The zero-order chi connectivity index (χ0) is 9.68. The third-order valence-electron chi connectivity index (χ3n) is 2.25. The van der Waals surface area contributed by atoms with Gasteiger partial charge >= 0.3 is 0 Å². The Morgan fingerprint density at radius 3 is 2.62 bits per heavy atom. The quantitative estimate of drug-likeness (QED) is 0.662. The SMILES string of the molecule is CC(C)c1ccccc1CCO[SiH3]. The van der Waals surface area contributed by atoms with Gasteiger partial charge in [0, 0.05) is 6.61 Å². The summed E-state index contributed by atoms with van der Waals surface area (Å²) in [4.78, 5) is 0. The molecule has 72 valence electrons. The highest BCUT2D eigenvalue weighted by atomic mass is 28.2. The molecular weight excluding hydrogens is 176 g/mol. The maximum absolute atomic E-state index is 5.22. The smallest absolute Gasteiger partial charge is 0.145 e. The van der Waals surface area contributed by atoms with Crippen molar-refractivity contribution in [1.82, 2.24) is 0 Å². The normalized spacial score (nSPS) is 11.0. The zero-order valence-corrected chi connectivity index (χ0v) is 10.7. The summed E-state index contributed by atoms with van der Waals surface area (Å²) in [6, 6.07) is 8.64. The number of rotatable bonds is 4. The Balaban J connectivity index is 2.78. The second kappa shape index (κ2) is 5.20. The molecule has 0 aliphatic rings. The maximum Gasteiger partial charge on any atom is 0.145 e. The van der Waals surface area contributed by atoms with Gasteiger partial charge in [-0.15, -0.1) is 0 Å². The van der Waals surface area contributed by atoms with Crippen LogP contribution in [0, 0.1) is 0 Å². The van der Waals surface area contributed by atoms with Crippen molar-refractivity contribution in [3.05, 3.63) is 35.4 Å². The lowest BCUT2D eigenvalue weighted by Gasteiger charge is -2.11. The molecule has 0 saturated carbocycles. The predicted octanol–water partition coefficient (Wildman–Crippen LogP) is 1.65. The molecule has 0 amide bonds. The molecule has 0 aliphatic heterocycles. The Labute approximate surface area is 83.7 Å². The molecule has 1 aromatic carbocycles. The first-order chi connectivity index (χ1) is 6.25. The summed E-state index contributed by atoms with van der Waals surface area (Å²) in [5, 5.41) is 0. The molecule has 0 unspecified atom stereocenters. The second-order valence-electron chi connectivity index (χ2n) is 3.60. The highest BCUT2D eigenvalue weighted by molar-refractivity contribution is 5.97. The fourth-order valence-corrected chi connectivity index (χ4v) is 1.74. The molecule has 13 heavy (non-hydrogen) atoms. The van der Waals surface area contributed by atoms with Gasteiger partial charge in [-0.25, -0.2) is 0 Å². The average molecular weight is 194 g/mol. The van der Waals surface area contributed by atoms with E-state index in [0.717, 1.165) is 23.5 Å². The first-order valence-corrected chi connectivity index (χ1v) is 5.64. The van der Waals surface area contributed by atoms with Crippen LogP contribution in [0.3, 0.4) is 0 Å². The largest absolute Gasteiger partial charge is 0.428 e. The van der Waals surface area contributed by atoms with Gasteiger partial charge in [-0.3, -0.25) is 0 Å². The van der Waals surface area contributed by atoms with E-state index in [1.807, 2.05) is 0 Å². The molecule has 2 heteroatoms. The minimum absolute atomic E-state index is 0.616. The predicted molar refractivity (Wildman–Crippen MR) is 60.1 cm³/mol. The summed E-state index contributed by atoms with van der Waals surface area (Å²) < 4.78 is 5.22. The van der Waals surface area contributed by atoms with E-state index in [1.54, 1.807) is 0 Å². The van der Waals surface area contributed by atoms with Crippen LogP contribution in [0.25, 0.3) is 0 Å². The molecule has 0 spiro atoms. The van der Waals surface area contributed by atoms with Crippen molar-refractivity contribution >= 4 is 10.5 Å². The lowest BCUT2D eigenvalue weighted by atomic mass is 9.96. The van der Waals surface area contributed by atoms with Crippen molar-refractivity contribution in [1.29, 1.82) is 0 Å². The van der Waals surface area contributed by atoms with Crippen LogP contribution < -0.4 is 0 Å². The average Bonchev–Trinajstić information content (AvgIpc) is 2.15. The summed E-state index contributed by atoms with van der Waals surface area (Å²) in [6.07, 6.45) is 1.05. The van der Waals surface area contributed by atoms with Crippen molar-refractivity contribution in [2.75, 3.05) is 6.61 Å². The Hall–Kier alpha value is -0.603. The van der Waals surface area contributed by atoms with Gasteiger partial charge in [-0.05, 0) is 23.5 Å². The second-order valence-corrected chi connectivity index (χ2v) is 4.17. The molecule has 0 fully saturated rings. The molecule has 1 aromatic rings. The number of hydrogen-bond donors (Lipinski definition) is 0. The lowest BCUT2D eigenvalue weighted by Crippen LogP contribution is -2.00. The first kappa shape index (κ1) is 10.5. The van der Waals surface area contributed by atoms with Crippen LogP contribution in [0.2, 0.25) is 0 Å². The van der Waals surface area contributed by atoms with E-state index in [4.69, 9.17) is 4.43 Å². The third-order valence-corrected chi connectivity index (χ3v) is 2.66. The van der Waals surface area contributed by atoms with Gasteiger partial charge < -0.3 is 4.43 Å². The molecule has 0 bridgehead atoms. The standard InChI is InChI=1S/C11H18OSi/c1-9(2)11-6-4-3-5-10(11)7-8-12-13/h3-6,9H,7-8H2,1-2,13H3.